The van der Waals surface area contributed by atoms with E-state index < -0.39 is 5.54 Å². The molecule has 1 amide bonds. The molecule has 0 saturated carbocycles. The average Bonchev–Trinajstić information content (AvgIpc) is 2.32. The third kappa shape index (κ3) is 4.44. The molecule has 106 valence electrons. The first kappa shape index (κ1) is 15.3. The molecule has 5 nitrogen and oxygen atoms in total. The number of carbonyl (C=O) groups excluding carboxylic acids is 1. The lowest BCUT2D eigenvalue weighted by molar-refractivity contribution is -0.120. The summed E-state index contributed by atoms with van der Waals surface area (Å²) in [5.74, 6) is 1.00. The monoisotopic (exact) mass is 266 g/mol. The summed E-state index contributed by atoms with van der Waals surface area (Å²) in [6, 6.07) is 5.31. The summed E-state index contributed by atoms with van der Waals surface area (Å²) in [4.78, 5) is 11.9. The van der Waals surface area contributed by atoms with Crippen molar-refractivity contribution in [3.05, 3.63) is 18.2 Å². The Hall–Kier alpha value is -1.75. The van der Waals surface area contributed by atoms with Crippen LogP contribution in [0.5, 0.6) is 11.5 Å². The molecular weight excluding hydrogens is 244 g/mol. The second-order valence-corrected chi connectivity index (χ2v) is 4.70. The Morgan fingerprint density at radius 3 is 2.42 bits per heavy atom. The van der Waals surface area contributed by atoms with Gasteiger partial charge in [0.05, 0.1) is 24.4 Å². The van der Waals surface area contributed by atoms with Crippen molar-refractivity contribution >= 4 is 11.6 Å². The summed E-state index contributed by atoms with van der Waals surface area (Å²) < 4.78 is 10.9. The average molecular weight is 266 g/mol. The van der Waals surface area contributed by atoms with Crippen LogP contribution in [0.4, 0.5) is 5.69 Å². The highest BCUT2D eigenvalue weighted by atomic mass is 16.5. The van der Waals surface area contributed by atoms with Crippen molar-refractivity contribution in [2.75, 3.05) is 18.5 Å². The topological polar surface area (TPSA) is 73.6 Å². The highest BCUT2D eigenvalue weighted by Crippen LogP contribution is 2.29. The van der Waals surface area contributed by atoms with Crippen LogP contribution < -0.4 is 20.5 Å². The number of amides is 1. The van der Waals surface area contributed by atoms with Gasteiger partial charge in [-0.3, -0.25) is 4.79 Å². The summed E-state index contributed by atoms with van der Waals surface area (Å²) in [7, 11) is 0. The lowest BCUT2D eigenvalue weighted by atomic mass is 10.1. The fourth-order valence-electron chi connectivity index (χ4n) is 1.43. The quantitative estimate of drug-likeness (QED) is 0.827. The van der Waals surface area contributed by atoms with E-state index in [0.29, 0.717) is 30.4 Å². The molecule has 0 radical (unpaired) electrons. The van der Waals surface area contributed by atoms with Crippen molar-refractivity contribution in [1.82, 2.24) is 0 Å². The summed E-state index contributed by atoms with van der Waals surface area (Å²) in [6.45, 7) is 8.16. The van der Waals surface area contributed by atoms with E-state index in [4.69, 9.17) is 15.2 Å². The molecule has 0 aromatic heterocycles. The van der Waals surface area contributed by atoms with E-state index in [1.807, 2.05) is 13.8 Å². The van der Waals surface area contributed by atoms with Crippen LogP contribution in [0.25, 0.3) is 0 Å². The molecule has 0 heterocycles. The Bertz CT molecular complexity index is 439. The highest BCUT2D eigenvalue weighted by molar-refractivity contribution is 5.98. The molecule has 0 unspecified atom stereocenters. The summed E-state index contributed by atoms with van der Waals surface area (Å²) in [5.41, 5.74) is 5.38. The third-order valence-electron chi connectivity index (χ3n) is 2.40. The maximum Gasteiger partial charge on any atom is 0.243 e. The minimum absolute atomic E-state index is 0.276. The second-order valence-electron chi connectivity index (χ2n) is 4.70. The summed E-state index contributed by atoms with van der Waals surface area (Å²) in [5, 5.41) is 2.77. The fourth-order valence-corrected chi connectivity index (χ4v) is 1.43. The van der Waals surface area contributed by atoms with Crippen LogP contribution in [0.2, 0.25) is 0 Å². The Morgan fingerprint density at radius 2 is 1.89 bits per heavy atom. The van der Waals surface area contributed by atoms with Gasteiger partial charge in [-0.1, -0.05) is 0 Å². The van der Waals surface area contributed by atoms with Gasteiger partial charge in [-0.05, 0) is 39.8 Å². The minimum Gasteiger partial charge on any atom is -0.494 e. The molecule has 1 aromatic carbocycles. The molecule has 0 aliphatic rings. The molecule has 19 heavy (non-hydrogen) atoms. The molecule has 0 bridgehead atoms. The molecular formula is C14H22N2O3. The van der Waals surface area contributed by atoms with E-state index in [0.717, 1.165) is 0 Å². The van der Waals surface area contributed by atoms with Crippen molar-refractivity contribution in [2.45, 2.75) is 33.2 Å². The fraction of sp³-hybridized carbons (Fsp3) is 0.500. The first-order valence-electron chi connectivity index (χ1n) is 6.38. The summed E-state index contributed by atoms with van der Waals surface area (Å²) in [6.07, 6.45) is 0. The number of hydrogen-bond acceptors (Lipinski definition) is 4. The van der Waals surface area contributed by atoms with Gasteiger partial charge < -0.3 is 20.5 Å². The Labute approximate surface area is 114 Å². The zero-order chi connectivity index (χ0) is 14.5. The lowest BCUT2D eigenvalue weighted by Crippen LogP contribution is -2.45. The zero-order valence-electron chi connectivity index (χ0n) is 11.9. The van der Waals surface area contributed by atoms with Gasteiger partial charge in [0.15, 0.2) is 0 Å². The van der Waals surface area contributed by atoms with E-state index in [2.05, 4.69) is 5.32 Å². The van der Waals surface area contributed by atoms with E-state index in [-0.39, 0.29) is 5.91 Å². The number of carbonyl (C=O) groups is 1. The smallest absolute Gasteiger partial charge is 0.243 e. The van der Waals surface area contributed by atoms with E-state index >= 15 is 0 Å². The van der Waals surface area contributed by atoms with Gasteiger partial charge in [-0.2, -0.15) is 0 Å². The number of benzene rings is 1. The molecule has 3 N–H and O–H groups in total. The Kier molecular flexibility index (Phi) is 5.18. The van der Waals surface area contributed by atoms with E-state index in [1.165, 1.54) is 0 Å². The SMILES string of the molecule is CCOc1ccc(OCC)c(NC(=O)C(C)(C)N)c1. The van der Waals surface area contributed by atoms with E-state index in [9.17, 15) is 4.79 Å². The predicted molar refractivity (Wildman–Crippen MR) is 75.7 cm³/mol. The van der Waals surface area contributed by atoms with Crippen molar-refractivity contribution in [2.24, 2.45) is 5.73 Å². The number of ether oxygens (including phenoxy) is 2. The van der Waals surface area contributed by atoms with Gasteiger partial charge in [0.1, 0.15) is 11.5 Å². The third-order valence-corrected chi connectivity index (χ3v) is 2.40. The van der Waals surface area contributed by atoms with Gasteiger partial charge in [0.25, 0.3) is 0 Å². The number of anilines is 1. The van der Waals surface area contributed by atoms with Gasteiger partial charge in [-0.15, -0.1) is 0 Å². The molecule has 1 rings (SSSR count). The van der Waals surface area contributed by atoms with Crippen molar-refractivity contribution in [3.8, 4) is 11.5 Å². The highest BCUT2D eigenvalue weighted by Gasteiger charge is 2.23. The van der Waals surface area contributed by atoms with E-state index in [1.54, 1.807) is 32.0 Å². The molecule has 1 aromatic rings. The minimum atomic E-state index is -0.953. The standard InChI is InChI=1S/C14H22N2O3/c1-5-18-10-7-8-12(19-6-2)11(9-10)16-13(17)14(3,4)15/h7-9H,5-6,15H2,1-4H3,(H,16,17). The van der Waals surface area contributed by atoms with Crippen LogP contribution >= 0.6 is 0 Å². The Morgan fingerprint density at radius 1 is 1.26 bits per heavy atom. The molecule has 0 fully saturated rings. The van der Waals surface area contributed by atoms with Crippen LogP contribution in [0.1, 0.15) is 27.7 Å². The van der Waals surface area contributed by atoms with Gasteiger partial charge in [0.2, 0.25) is 5.91 Å². The van der Waals surface area contributed by atoms with Gasteiger partial charge >= 0.3 is 0 Å². The predicted octanol–water partition coefficient (Wildman–Crippen LogP) is 2.16. The van der Waals surface area contributed by atoms with Crippen LogP contribution in [0.15, 0.2) is 18.2 Å². The van der Waals surface area contributed by atoms with Gasteiger partial charge in [0, 0.05) is 6.07 Å². The first-order chi connectivity index (χ1) is 8.88. The molecule has 0 spiro atoms. The summed E-state index contributed by atoms with van der Waals surface area (Å²) >= 11 is 0. The largest absolute Gasteiger partial charge is 0.494 e. The zero-order valence-corrected chi connectivity index (χ0v) is 11.9. The van der Waals surface area contributed by atoms with Crippen molar-refractivity contribution in [3.63, 3.8) is 0 Å². The molecule has 0 saturated heterocycles. The number of hydrogen-bond donors (Lipinski definition) is 2. The molecule has 0 aliphatic heterocycles. The van der Waals surface area contributed by atoms with Crippen LogP contribution in [0, 0.1) is 0 Å². The lowest BCUT2D eigenvalue weighted by Gasteiger charge is -2.20. The Balaban J connectivity index is 3.00. The normalized spacial score (nSPS) is 11.0. The maximum absolute atomic E-state index is 11.9. The maximum atomic E-state index is 11.9. The molecule has 0 atom stereocenters. The molecule has 5 heteroatoms. The van der Waals surface area contributed by atoms with Crippen molar-refractivity contribution < 1.29 is 14.3 Å². The van der Waals surface area contributed by atoms with Crippen LogP contribution in [0.3, 0.4) is 0 Å². The van der Waals surface area contributed by atoms with Crippen molar-refractivity contribution in [1.29, 1.82) is 0 Å². The number of nitrogens with one attached hydrogen (secondary N) is 1. The molecule has 0 aliphatic carbocycles. The first-order valence-corrected chi connectivity index (χ1v) is 6.38. The van der Waals surface area contributed by atoms with Crippen LogP contribution in [-0.4, -0.2) is 24.7 Å². The van der Waals surface area contributed by atoms with Gasteiger partial charge in [-0.25, -0.2) is 0 Å². The van der Waals surface area contributed by atoms with Crippen LogP contribution in [-0.2, 0) is 4.79 Å². The second kappa shape index (κ2) is 6.43. The number of rotatable bonds is 6. The number of nitrogens with two attached hydrogens (primary N) is 1.